The summed E-state index contributed by atoms with van der Waals surface area (Å²) in [5, 5.41) is 94.6. The molecule has 0 saturated heterocycles. The fourth-order valence-electron chi connectivity index (χ4n) is 5.59. The van der Waals surface area contributed by atoms with Gasteiger partial charge in [-0.1, -0.05) is 97.1 Å². The summed E-state index contributed by atoms with van der Waals surface area (Å²) in [6.45, 7) is 0.285. The van der Waals surface area contributed by atoms with Crippen LogP contribution in [0.2, 0.25) is 0 Å². The predicted molar refractivity (Wildman–Crippen MR) is 214 cm³/mol. The lowest BCUT2D eigenvalue weighted by Crippen LogP contribution is -2.47. The molecule has 0 aliphatic carbocycles. The first-order valence-corrected chi connectivity index (χ1v) is 18.9. The van der Waals surface area contributed by atoms with E-state index >= 15 is 0 Å². The van der Waals surface area contributed by atoms with Gasteiger partial charge in [-0.2, -0.15) is 0 Å². The topological polar surface area (TPSA) is 289 Å². The van der Waals surface area contributed by atoms with Crippen molar-refractivity contribution < 1.29 is 79.7 Å². The number of aliphatic hydroxyl groups is 10. The summed E-state index contributed by atoms with van der Waals surface area (Å²) in [7, 11) is 0. The van der Waals surface area contributed by atoms with Gasteiger partial charge in [0, 0.05) is 22.3 Å². The minimum absolute atomic E-state index is 0.187. The van der Waals surface area contributed by atoms with E-state index in [1.807, 2.05) is 0 Å². The molecule has 0 heterocycles. The van der Waals surface area contributed by atoms with Crippen molar-refractivity contribution in [2.24, 2.45) is 0 Å². The number of rotatable bonds is 20. The third-order valence-electron chi connectivity index (χ3n) is 9.52. The van der Waals surface area contributed by atoms with Gasteiger partial charge in [-0.3, -0.25) is 19.2 Å². The first kappa shape index (κ1) is 49.1. The van der Waals surface area contributed by atoms with Crippen molar-refractivity contribution >= 4 is 23.5 Å². The van der Waals surface area contributed by atoms with Crippen molar-refractivity contribution in [3.63, 3.8) is 0 Å². The zero-order valence-corrected chi connectivity index (χ0v) is 32.9. The molecule has 0 spiro atoms. The summed E-state index contributed by atoms with van der Waals surface area (Å²) in [6.07, 6.45) is -13.9. The minimum atomic E-state index is -1.82. The van der Waals surface area contributed by atoms with E-state index in [9.17, 15) is 60.0 Å². The Bertz CT molecular complexity index is 1820. The summed E-state index contributed by atoms with van der Waals surface area (Å²) < 4.78 is 10.0. The molecule has 4 rings (SSSR count). The van der Waals surface area contributed by atoms with E-state index in [-0.39, 0.29) is 11.6 Å². The number of ketones is 2. The van der Waals surface area contributed by atoms with Gasteiger partial charge in [0.05, 0.1) is 25.0 Å². The fourth-order valence-corrected chi connectivity index (χ4v) is 5.59. The Labute approximate surface area is 346 Å². The summed E-state index contributed by atoms with van der Waals surface area (Å²) >= 11 is 0. The van der Waals surface area contributed by atoms with Crippen LogP contribution in [0.5, 0.6) is 0 Å². The molecule has 0 aromatic heterocycles. The second-order valence-electron chi connectivity index (χ2n) is 13.9. The summed E-state index contributed by atoms with van der Waals surface area (Å²) in [5.74, 6) is -3.30. The number of carbonyl (C=O) groups is 4. The molecule has 0 amide bonds. The molecule has 0 fully saturated rings. The number of hydrogen-bond acceptors (Lipinski definition) is 16. The van der Waals surface area contributed by atoms with Gasteiger partial charge in [0.1, 0.15) is 62.0 Å². The fraction of sp³-hybridized carbons (Fsp3) is 0.364. The molecular formula is C44H52O16. The third-order valence-corrected chi connectivity index (χ3v) is 9.52. The van der Waals surface area contributed by atoms with Crippen molar-refractivity contribution in [1.29, 1.82) is 0 Å². The first-order chi connectivity index (χ1) is 28.5. The van der Waals surface area contributed by atoms with Crippen LogP contribution in [0.3, 0.4) is 0 Å². The second-order valence-corrected chi connectivity index (χ2v) is 13.9. The second kappa shape index (κ2) is 24.1. The van der Waals surface area contributed by atoms with Crippen molar-refractivity contribution in [3.05, 3.63) is 143 Å². The molecule has 0 radical (unpaired) electrons. The van der Waals surface area contributed by atoms with Crippen LogP contribution in [0.15, 0.2) is 109 Å². The predicted octanol–water partition coefficient (Wildman–Crippen LogP) is 0.000400. The molecule has 2 unspecified atom stereocenters. The zero-order chi connectivity index (χ0) is 44.5. The van der Waals surface area contributed by atoms with Crippen LogP contribution in [-0.4, -0.2) is 150 Å². The van der Waals surface area contributed by atoms with E-state index in [1.165, 1.54) is 0 Å². The van der Waals surface area contributed by atoms with E-state index in [0.29, 0.717) is 33.4 Å². The lowest BCUT2D eigenvalue weighted by atomic mass is 9.96. The van der Waals surface area contributed by atoms with Gasteiger partial charge in [-0.25, -0.2) is 0 Å². The average Bonchev–Trinajstić information content (AvgIpc) is 3.30. The Morgan fingerprint density at radius 2 is 0.733 bits per heavy atom. The van der Waals surface area contributed by atoms with E-state index in [2.05, 4.69) is 0 Å². The largest absolute Gasteiger partial charge is 0.462 e. The Hall–Kier alpha value is -5.24. The van der Waals surface area contributed by atoms with Crippen LogP contribution in [0.25, 0.3) is 0 Å². The molecule has 324 valence electrons. The zero-order valence-electron chi connectivity index (χ0n) is 32.9. The van der Waals surface area contributed by atoms with Crippen LogP contribution in [-0.2, 0) is 19.1 Å². The highest BCUT2D eigenvalue weighted by atomic mass is 16.6. The standard InChI is InChI=1S/2C22H26O8/c2*1-13(22(29)30-12-18(25)21(28)20(27)17(24)11-23)15-8-5-9-16(10-15)19(26)14-6-3-2-4-7-14/h2*2-10,13,17-18,20-21,23-25,27-28H,11-12H2,1H3/t13?,17-,18+,20+,21+;13?,17-,18-,20-,21-/m01/s1. The van der Waals surface area contributed by atoms with Crippen molar-refractivity contribution in [3.8, 4) is 0 Å². The van der Waals surface area contributed by atoms with Crippen LogP contribution < -0.4 is 0 Å². The van der Waals surface area contributed by atoms with Gasteiger partial charge in [-0.15, -0.1) is 0 Å². The molecule has 0 aliphatic heterocycles. The van der Waals surface area contributed by atoms with Gasteiger partial charge in [0.15, 0.2) is 11.6 Å². The van der Waals surface area contributed by atoms with E-state index < -0.39 is 99.0 Å². The molecular weight excluding hydrogens is 784 g/mol. The van der Waals surface area contributed by atoms with Crippen LogP contribution in [0.1, 0.15) is 68.7 Å². The highest BCUT2D eigenvalue weighted by Gasteiger charge is 2.33. The molecule has 16 heteroatoms. The Morgan fingerprint density at radius 1 is 0.433 bits per heavy atom. The summed E-state index contributed by atoms with van der Waals surface area (Å²) in [5.41, 5.74) is 2.93. The molecule has 0 aliphatic rings. The number of benzene rings is 4. The minimum Gasteiger partial charge on any atom is -0.462 e. The molecule has 60 heavy (non-hydrogen) atoms. The SMILES string of the molecule is CC(C(=O)OC[C@@H](O)[C@@H](O)[C@H](O)[C@@H](O)CO)c1cccc(C(=O)c2ccccc2)c1.CC(C(=O)OC[C@@H](O)[C@@H](O)[C@H](O)[C@H](O)CO)c1cccc(C(=O)c2ccccc2)c1. The van der Waals surface area contributed by atoms with E-state index in [4.69, 9.17) is 19.7 Å². The lowest BCUT2D eigenvalue weighted by Gasteiger charge is -2.25. The van der Waals surface area contributed by atoms with Crippen molar-refractivity contribution in [2.75, 3.05) is 26.4 Å². The Morgan fingerprint density at radius 3 is 1.05 bits per heavy atom. The van der Waals surface area contributed by atoms with Gasteiger partial charge in [0.2, 0.25) is 0 Å². The van der Waals surface area contributed by atoms with E-state index in [0.717, 1.165) is 0 Å². The van der Waals surface area contributed by atoms with E-state index in [1.54, 1.807) is 123 Å². The van der Waals surface area contributed by atoms with Crippen LogP contribution >= 0.6 is 0 Å². The number of hydrogen-bond donors (Lipinski definition) is 10. The highest BCUT2D eigenvalue weighted by Crippen LogP contribution is 2.22. The number of ether oxygens (including phenoxy) is 2. The number of carbonyl (C=O) groups excluding carboxylic acids is 4. The van der Waals surface area contributed by atoms with Crippen molar-refractivity contribution in [1.82, 2.24) is 0 Å². The van der Waals surface area contributed by atoms with Crippen LogP contribution in [0.4, 0.5) is 0 Å². The lowest BCUT2D eigenvalue weighted by molar-refractivity contribution is -0.158. The smallest absolute Gasteiger partial charge is 0.313 e. The monoisotopic (exact) mass is 836 g/mol. The van der Waals surface area contributed by atoms with Crippen molar-refractivity contribution in [2.45, 2.75) is 74.5 Å². The van der Waals surface area contributed by atoms with Gasteiger partial charge < -0.3 is 60.5 Å². The summed E-state index contributed by atoms with van der Waals surface area (Å²) in [4.78, 5) is 49.8. The molecule has 16 nitrogen and oxygen atoms in total. The molecule has 4 aromatic carbocycles. The van der Waals surface area contributed by atoms with Gasteiger partial charge in [-0.05, 0) is 37.1 Å². The third kappa shape index (κ3) is 13.9. The van der Waals surface area contributed by atoms with Gasteiger partial charge >= 0.3 is 11.9 Å². The molecule has 4 aromatic rings. The normalized spacial score (nSPS) is 16.2. The number of esters is 2. The average molecular weight is 837 g/mol. The maximum Gasteiger partial charge on any atom is 0.313 e. The molecule has 10 atom stereocenters. The maximum absolute atomic E-state index is 12.6. The number of aliphatic hydroxyl groups excluding tert-OH is 10. The maximum atomic E-state index is 12.6. The Kier molecular flexibility index (Phi) is 19.8. The van der Waals surface area contributed by atoms with Gasteiger partial charge in [0.25, 0.3) is 0 Å². The first-order valence-electron chi connectivity index (χ1n) is 18.9. The summed E-state index contributed by atoms with van der Waals surface area (Å²) in [6, 6.07) is 30.5. The molecule has 10 N–H and O–H groups in total. The Balaban J connectivity index is 0.000000320. The highest BCUT2D eigenvalue weighted by molar-refractivity contribution is 6.09. The quantitative estimate of drug-likeness (QED) is 0.0414. The van der Waals surface area contributed by atoms with Crippen LogP contribution in [0, 0.1) is 0 Å². The molecule has 0 bridgehead atoms. The molecule has 0 saturated carbocycles.